The third-order valence-electron chi connectivity index (χ3n) is 3.53. The van der Waals surface area contributed by atoms with Crippen molar-refractivity contribution in [3.63, 3.8) is 0 Å². The molecule has 6 nitrogen and oxygen atoms in total. The first-order valence-electron chi connectivity index (χ1n) is 7.61. The van der Waals surface area contributed by atoms with E-state index in [1.807, 2.05) is 32.9 Å². The average Bonchev–Trinajstić information content (AvgIpc) is 2.99. The third-order valence-corrected chi connectivity index (χ3v) is 6.38. The molecule has 0 spiro atoms. The van der Waals surface area contributed by atoms with E-state index in [9.17, 15) is 8.42 Å². The first kappa shape index (κ1) is 17.4. The van der Waals surface area contributed by atoms with Crippen molar-refractivity contribution in [2.45, 2.75) is 25.0 Å². The van der Waals surface area contributed by atoms with Crippen molar-refractivity contribution in [1.82, 2.24) is 10.2 Å². The number of aromatic nitrogens is 2. The topological polar surface area (TPSA) is 84.0 Å². The minimum atomic E-state index is -3.63. The van der Waals surface area contributed by atoms with Gasteiger partial charge in [0.1, 0.15) is 4.21 Å². The fourth-order valence-corrected chi connectivity index (χ4v) is 4.57. The zero-order valence-electron chi connectivity index (χ0n) is 14.1. The lowest BCUT2D eigenvalue weighted by Crippen LogP contribution is -2.13. The SMILES string of the molecule is Cc1ccc(Nc2ccc(NS(=O)(=O)c3ccc(C)s3)nn2)c(C)c1. The molecule has 130 valence electrons. The van der Waals surface area contributed by atoms with E-state index in [0.29, 0.717) is 5.82 Å². The Morgan fingerprint density at radius 2 is 1.64 bits per heavy atom. The quantitative estimate of drug-likeness (QED) is 0.705. The van der Waals surface area contributed by atoms with Gasteiger partial charge >= 0.3 is 0 Å². The molecule has 0 aliphatic rings. The Balaban J connectivity index is 1.74. The van der Waals surface area contributed by atoms with E-state index in [2.05, 4.69) is 26.3 Å². The summed E-state index contributed by atoms with van der Waals surface area (Å²) >= 11 is 1.21. The Morgan fingerprint density at radius 1 is 0.920 bits per heavy atom. The molecule has 2 heterocycles. The van der Waals surface area contributed by atoms with Crippen LogP contribution >= 0.6 is 11.3 Å². The van der Waals surface area contributed by atoms with Gasteiger partial charge in [-0.15, -0.1) is 21.5 Å². The molecule has 2 aromatic heterocycles. The number of anilines is 3. The molecule has 0 unspecified atom stereocenters. The summed E-state index contributed by atoms with van der Waals surface area (Å²) in [5.74, 6) is 0.721. The molecule has 8 heteroatoms. The van der Waals surface area contributed by atoms with E-state index in [0.717, 1.165) is 16.1 Å². The second-order valence-electron chi connectivity index (χ2n) is 5.72. The van der Waals surface area contributed by atoms with Gasteiger partial charge in [-0.1, -0.05) is 17.7 Å². The van der Waals surface area contributed by atoms with E-state index >= 15 is 0 Å². The van der Waals surface area contributed by atoms with Crippen molar-refractivity contribution in [3.8, 4) is 0 Å². The molecule has 0 atom stereocenters. The van der Waals surface area contributed by atoms with Crippen LogP contribution in [0.1, 0.15) is 16.0 Å². The van der Waals surface area contributed by atoms with Gasteiger partial charge in [0.15, 0.2) is 11.6 Å². The molecular formula is C17H18N4O2S2. The summed E-state index contributed by atoms with van der Waals surface area (Å²) in [7, 11) is -3.63. The van der Waals surface area contributed by atoms with Gasteiger partial charge in [-0.25, -0.2) is 8.42 Å². The number of rotatable bonds is 5. The van der Waals surface area contributed by atoms with Crippen LogP contribution in [0.3, 0.4) is 0 Å². The first-order valence-corrected chi connectivity index (χ1v) is 9.91. The van der Waals surface area contributed by atoms with Crippen molar-refractivity contribution in [3.05, 3.63) is 58.5 Å². The van der Waals surface area contributed by atoms with Crippen molar-refractivity contribution in [1.29, 1.82) is 0 Å². The van der Waals surface area contributed by atoms with Crippen LogP contribution < -0.4 is 10.0 Å². The maximum Gasteiger partial charge on any atom is 0.272 e. The molecule has 0 saturated carbocycles. The van der Waals surface area contributed by atoms with Gasteiger partial charge in [-0.2, -0.15) is 0 Å². The van der Waals surface area contributed by atoms with Crippen LogP contribution in [0, 0.1) is 20.8 Å². The molecule has 3 rings (SSSR count). The summed E-state index contributed by atoms with van der Waals surface area (Å²) < 4.78 is 27.3. The zero-order valence-corrected chi connectivity index (χ0v) is 15.7. The number of nitrogens with zero attached hydrogens (tertiary/aromatic N) is 2. The van der Waals surface area contributed by atoms with Gasteiger partial charge in [0, 0.05) is 10.6 Å². The summed E-state index contributed by atoms with van der Waals surface area (Å²) in [5, 5.41) is 11.2. The highest BCUT2D eigenvalue weighted by atomic mass is 32.2. The summed E-state index contributed by atoms with van der Waals surface area (Å²) in [6.07, 6.45) is 0. The zero-order chi connectivity index (χ0) is 18.0. The molecule has 0 aliphatic heterocycles. The van der Waals surface area contributed by atoms with Crippen LogP contribution in [0.25, 0.3) is 0 Å². The summed E-state index contributed by atoms with van der Waals surface area (Å²) in [5.41, 5.74) is 3.21. The number of nitrogens with one attached hydrogen (secondary N) is 2. The van der Waals surface area contributed by atoms with E-state index in [1.54, 1.807) is 24.3 Å². The average molecular weight is 374 g/mol. The smallest absolute Gasteiger partial charge is 0.272 e. The van der Waals surface area contributed by atoms with Crippen molar-refractivity contribution < 1.29 is 8.42 Å². The second kappa shape index (κ2) is 6.81. The first-order chi connectivity index (χ1) is 11.8. The number of sulfonamides is 1. The summed E-state index contributed by atoms with van der Waals surface area (Å²) in [4.78, 5) is 0.930. The van der Waals surface area contributed by atoms with E-state index in [-0.39, 0.29) is 10.0 Å². The van der Waals surface area contributed by atoms with Crippen molar-refractivity contribution in [2.24, 2.45) is 0 Å². The van der Waals surface area contributed by atoms with Gasteiger partial charge < -0.3 is 5.32 Å². The van der Waals surface area contributed by atoms with Gasteiger partial charge in [-0.05, 0) is 56.7 Å². The molecule has 2 N–H and O–H groups in total. The number of hydrogen-bond acceptors (Lipinski definition) is 6. The van der Waals surface area contributed by atoms with Gasteiger partial charge in [-0.3, -0.25) is 4.72 Å². The molecule has 0 radical (unpaired) electrons. The van der Waals surface area contributed by atoms with Gasteiger partial charge in [0.2, 0.25) is 0 Å². The maximum absolute atomic E-state index is 12.3. The number of aryl methyl sites for hydroxylation is 3. The number of thiophene rings is 1. The van der Waals surface area contributed by atoms with Crippen LogP contribution in [-0.2, 0) is 10.0 Å². The minimum absolute atomic E-state index is 0.178. The van der Waals surface area contributed by atoms with Crippen molar-refractivity contribution >= 4 is 38.7 Å². The maximum atomic E-state index is 12.3. The summed E-state index contributed by atoms with van der Waals surface area (Å²) in [6.45, 7) is 5.90. The lowest BCUT2D eigenvalue weighted by Gasteiger charge is -2.10. The third kappa shape index (κ3) is 4.15. The van der Waals surface area contributed by atoms with Crippen molar-refractivity contribution in [2.75, 3.05) is 10.0 Å². The lowest BCUT2D eigenvalue weighted by atomic mass is 10.1. The number of benzene rings is 1. The minimum Gasteiger partial charge on any atom is -0.339 e. The largest absolute Gasteiger partial charge is 0.339 e. The standard InChI is InChI=1S/C17H18N4O2S2/c1-11-4-6-14(12(2)10-11)18-15-7-8-16(20-19-15)21-25(22,23)17-9-5-13(3)24-17/h4-10H,1-3H3,(H,18,19)(H,20,21). The molecule has 0 amide bonds. The molecule has 0 fully saturated rings. The Kier molecular flexibility index (Phi) is 4.73. The molecule has 0 aliphatic carbocycles. The summed E-state index contributed by atoms with van der Waals surface area (Å²) in [6, 6.07) is 12.7. The van der Waals surface area contributed by atoms with Crippen LogP contribution in [0.15, 0.2) is 46.7 Å². The monoisotopic (exact) mass is 374 g/mol. The molecule has 0 bridgehead atoms. The fraction of sp³-hybridized carbons (Fsp3) is 0.176. The van der Waals surface area contributed by atoms with E-state index < -0.39 is 10.0 Å². The predicted molar refractivity (Wildman–Crippen MR) is 101 cm³/mol. The highest BCUT2D eigenvalue weighted by molar-refractivity contribution is 7.94. The highest BCUT2D eigenvalue weighted by Crippen LogP contribution is 2.23. The number of hydrogen-bond donors (Lipinski definition) is 2. The highest BCUT2D eigenvalue weighted by Gasteiger charge is 2.17. The Bertz CT molecular complexity index is 996. The van der Waals surface area contributed by atoms with E-state index in [1.165, 1.54) is 16.9 Å². The van der Waals surface area contributed by atoms with Gasteiger partial charge in [0.25, 0.3) is 10.0 Å². The van der Waals surface area contributed by atoms with Crippen LogP contribution in [0.2, 0.25) is 0 Å². The molecule has 25 heavy (non-hydrogen) atoms. The van der Waals surface area contributed by atoms with E-state index in [4.69, 9.17) is 0 Å². The molecule has 1 aromatic carbocycles. The Labute approximate surface area is 151 Å². The molecule has 0 saturated heterocycles. The Morgan fingerprint density at radius 3 is 2.24 bits per heavy atom. The van der Waals surface area contributed by atoms with Crippen LogP contribution in [0.4, 0.5) is 17.3 Å². The fourth-order valence-electron chi connectivity index (χ4n) is 2.29. The van der Waals surface area contributed by atoms with Crippen LogP contribution in [0.5, 0.6) is 0 Å². The van der Waals surface area contributed by atoms with Crippen LogP contribution in [-0.4, -0.2) is 18.6 Å². The Hall–Kier alpha value is -2.45. The predicted octanol–water partition coefficient (Wildman–Crippen LogP) is 4.01. The lowest BCUT2D eigenvalue weighted by molar-refractivity contribution is 0.603. The normalized spacial score (nSPS) is 11.3. The molecular weight excluding hydrogens is 356 g/mol. The van der Waals surface area contributed by atoms with Gasteiger partial charge in [0.05, 0.1) is 0 Å². The molecule has 3 aromatic rings. The second-order valence-corrected chi connectivity index (χ2v) is 8.91.